The molecule has 4 rings (SSSR count). The van der Waals surface area contributed by atoms with Gasteiger partial charge in [0.1, 0.15) is 0 Å². The first-order valence-electron chi connectivity index (χ1n) is 8.34. The molecule has 1 fully saturated rings. The zero-order valence-electron chi connectivity index (χ0n) is 13.6. The molecule has 1 aliphatic heterocycles. The van der Waals surface area contributed by atoms with Gasteiger partial charge in [0.05, 0.1) is 17.3 Å². The zero-order chi connectivity index (χ0) is 15.3. The number of nitrogens with one attached hydrogen (secondary N) is 1. The van der Waals surface area contributed by atoms with Crippen LogP contribution in [0.5, 0.6) is 0 Å². The highest BCUT2D eigenvalue weighted by atomic mass is 15.1. The van der Waals surface area contributed by atoms with Gasteiger partial charge in [-0.3, -0.25) is 4.98 Å². The Labute approximate surface area is 132 Å². The molecule has 1 aliphatic carbocycles. The molecule has 0 radical (unpaired) electrons. The third kappa shape index (κ3) is 2.17. The molecule has 2 bridgehead atoms. The fraction of sp³-hybridized carbons (Fsp3) is 0.450. The van der Waals surface area contributed by atoms with Crippen LogP contribution in [-0.2, 0) is 0 Å². The van der Waals surface area contributed by atoms with E-state index in [2.05, 4.69) is 68.6 Å². The standard InChI is InChI=1S/C20H24N2/c1-13-8-10-15-12-16(13)19(22-20(15,2)3)18-11-9-14-6-4-5-7-17(14)21-18/h4-9,11,15-16,19,22H,10,12H2,1-3H3/t15-,16-,19-/m1/s1. The van der Waals surface area contributed by atoms with Gasteiger partial charge in [-0.1, -0.05) is 35.9 Å². The number of pyridine rings is 1. The molecule has 1 aromatic heterocycles. The number of nitrogens with zero attached hydrogens (tertiary/aromatic N) is 1. The van der Waals surface area contributed by atoms with Crippen molar-refractivity contribution in [3.05, 3.63) is 53.7 Å². The summed E-state index contributed by atoms with van der Waals surface area (Å²) in [5, 5.41) is 5.12. The highest BCUT2D eigenvalue weighted by Crippen LogP contribution is 2.46. The lowest BCUT2D eigenvalue weighted by atomic mass is 9.66. The predicted octanol–water partition coefficient (Wildman–Crippen LogP) is 4.63. The second kappa shape index (κ2) is 4.92. The third-order valence-electron chi connectivity index (χ3n) is 5.74. The number of para-hydroxylation sites is 1. The van der Waals surface area contributed by atoms with Crippen LogP contribution in [0, 0.1) is 11.8 Å². The number of hydrogen-bond acceptors (Lipinski definition) is 2. The number of benzene rings is 1. The average molecular weight is 292 g/mol. The number of rotatable bonds is 1. The lowest BCUT2D eigenvalue weighted by Gasteiger charge is -2.50. The van der Waals surface area contributed by atoms with Crippen molar-refractivity contribution in [2.45, 2.75) is 45.2 Å². The van der Waals surface area contributed by atoms with E-state index in [1.165, 1.54) is 29.5 Å². The van der Waals surface area contributed by atoms with Crippen LogP contribution in [-0.4, -0.2) is 10.5 Å². The summed E-state index contributed by atoms with van der Waals surface area (Å²) in [7, 11) is 0. The predicted molar refractivity (Wildman–Crippen MR) is 91.7 cm³/mol. The lowest BCUT2D eigenvalue weighted by Crippen LogP contribution is -2.56. The van der Waals surface area contributed by atoms with Crippen LogP contribution in [0.3, 0.4) is 0 Å². The summed E-state index contributed by atoms with van der Waals surface area (Å²) in [6.45, 7) is 6.97. The molecule has 0 saturated carbocycles. The topological polar surface area (TPSA) is 24.9 Å². The van der Waals surface area contributed by atoms with Crippen LogP contribution in [0.25, 0.3) is 10.9 Å². The molecule has 2 aromatic rings. The highest BCUT2D eigenvalue weighted by molar-refractivity contribution is 5.78. The van der Waals surface area contributed by atoms with Crippen molar-refractivity contribution in [3.63, 3.8) is 0 Å². The fourth-order valence-electron chi connectivity index (χ4n) is 4.21. The normalized spacial score (nSPS) is 30.1. The minimum atomic E-state index is 0.172. The summed E-state index contributed by atoms with van der Waals surface area (Å²) >= 11 is 0. The van der Waals surface area contributed by atoms with Gasteiger partial charge in [0.25, 0.3) is 0 Å². The minimum Gasteiger partial charge on any atom is -0.303 e. The molecule has 1 aromatic carbocycles. The van der Waals surface area contributed by atoms with E-state index in [0.29, 0.717) is 12.0 Å². The fourth-order valence-corrected chi connectivity index (χ4v) is 4.21. The van der Waals surface area contributed by atoms with Gasteiger partial charge >= 0.3 is 0 Å². The van der Waals surface area contributed by atoms with Gasteiger partial charge in [-0.25, -0.2) is 0 Å². The smallest absolute Gasteiger partial charge is 0.0706 e. The highest BCUT2D eigenvalue weighted by Gasteiger charge is 2.44. The van der Waals surface area contributed by atoms with E-state index in [0.717, 1.165) is 11.4 Å². The van der Waals surface area contributed by atoms with Crippen LogP contribution in [0.4, 0.5) is 0 Å². The van der Waals surface area contributed by atoms with Crippen LogP contribution in [0.15, 0.2) is 48.0 Å². The Balaban J connectivity index is 1.78. The largest absolute Gasteiger partial charge is 0.303 e. The van der Waals surface area contributed by atoms with Gasteiger partial charge in [-0.15, -0.1) is 0 Å². The van der Waals surface area contributed by atoms with E-state index in [9.17, 15) is 0 Å². The lowest BCUT2D eigenvalue weighted by molar-refractivity contribution is 0.107. The third-order valence-corrected chi connectivity index (χ3v) is 5.74. The molecule has 2 heterocycles. The van der Waals surface area contributed by atoms with E-state index in [1.807, 2.05) is 0 Å². The van der Waals surface area contributed by atoms with E-state index < -0.39 is 0 Å². The molecule has 1 saturated heterocycles. The maximum Gasteiger partial charge on any atom is 0.0706 e. The molecule has 3 atom stereocenters. The van der Waals surface area contributed by atoms with Crippen molar-refractivity contribution in [2.75, 3.05) is 0 Å². The molecule has 2 nitrogen and oxygen atoms in total. The van der Waals surface area contributed by atoms with Gasteiger partial charge in [-0.2, -0.15) is 0 Å². The Bertz CT molecular complexity index is 744. The SMILES string of the molecule is CC1=CC[C@@H]2C[C@H]1[C@H](c1ccc3ccccc3n1)NC2(C)C. The van der Waals surface area contributed by atoms with Gasteiger partial charge in [0.2, 0.25) is 0 Å². The Morgan fingerprint density at radius 3 is 2.82 bits per heavy atom. The summed E-state index contributed by atoms with van der Waals surface area (Å²) < 4.78 is 0. The first kappa shape index (κ1) is 14.0. The van der Waals surface area contributed by atoms with Crippen molar-refractivity contribution < 1.29 is 0 Å². The second-order valence-corrected chi connectivity index (χ2v) is 7.50. The van der Waals surface area contributed by atoms with Crippen molar-refractivity contribution in [3.8, 4) is 0 Å². The van der Waals surface area contributed by atoms with E-state index >= 15 is 0 Å². The van der Waals surface area contributed by atoms with Gasteiger partial charge in [-0.05, 0) is 51.7 Å². The Hall–Kier alpha value is -1.67. The monoisotopic (exact) mass is 292 g/mol. The van der Waals surface area contributed by atoms with Crippen LogP contribution in [0.2, 0.25) is 0 Å². The maximum atomic E-state index is 4.96. The average Bonchev–Trinajstić information content (AvgIpc) is 2.52. The molecule has 22 heavy (non-hydrogen) atoms. The summed E-state index contributed by atoms with van der Waals surface area (Å²) in [6.07, 6.45) is 4.94. The van der Waals surface area contributed by atoms with Crippen molar-refractivity contribution in [2.24, 2.45) is 11.8 Å². The number of piperidine rings is 1. The van der Waals surface area contributed by atoms with E-state index in [1.54, 1.807) is 0 Å². The summed E-state index contributed by atoms with van der Waals surface area (Å²) in [5.41, 5.74) is 3.98. The first-order chi connectivity index (χ1) is 10.5. The molecule has 2 heteroatoms. The quantitative estimate of drug-likeness (QED) is 0.775. The Morgan fingerprint density at radius 2 is 1.95 bits per heavy atom. The second-order valence-electron chi connectivity index (χ2n) is 7.50. The van der Waals surface area contributed by atoms with Crippen molar-refractivity contribution in [1.82, 2.24) is 10.3 Å². The molecular formula is C20H24N2. The summed E-state index contributed by atoms with van der Waals surface area (Å²) in [6, 6.07) is 13.1. The maximum absolute atomic E-state index is 4.96. The Kier molecular flexibility index (Phi) is 3.12. The molecule has 0 unspecified atom stereocenters. The van der Waals surface area contributed by atoms with Crippen molar-refractivity contribution in [1.29, 1.82) is 0 Å². The number of fused-ring (bicyclic) bond motifs is 3. The molecule has 1 N–H and O–H groups in total. The van der Waals surface area contributed by atoms with E-state index in [-0.39, 0.29) is 5.54 Å². The van der Waals surface area contributed by atoms with Crippen LogP contribution >= 0.6 is 0 Å². The molecule has 0 spiro atoms. The Morgan fingerprint density at radius 1 is 1.14 bits per heavy atom. The number of allylic oxidation sites excluding steroid dienone is 1. The number of aromatic nitrogens is 1. The van der Waals surface area contributed by atoms with E-state index in [4.69, 9.17) is 4.98 Å². The first-order valence-corrected chi connectivity index (χ1v) is 8.34. The zero-order valence-corrected chi connectivity index (χ0v) is 13.6. The van der Waals surface area contributed by atoms with Gasteiger partial charge in [0, 0.05) is 16.8 Å². The van der Waals surface area contributed by atoms with Crippen LogP contribution in [0.1, 0.15) is 45.3 Å². The number of hydrogen-bond donors (Lipinski definition) is 1. The van der Waals surface area contributed by atoms with Gasteiger partial charge in [0.15, 0.2) is 0 Å². The van der Waals surface area contributed by atoms with Crippen molar-refractivity contribution >= 4 is 10.9 Å². The summed E-state index contributed by atoms with van der Waals surface area (Å²) in [5.74, 6) is 1.32. The van der Waals surface area contributed by atoms with Crippen LogP contribution < -0.4 is 5.32 Å². The molecule has 114 valence electrons. The molecule has 2 aliphatic rings. The minimum absolute atomic E-state index is 0.172. The molecular weight excluding hydrogens is 268 g/mol. The molecule has 0 amide bonds. The van der Waals surface area contributed by atoms with Gasteiger partial charge < -0.3 is 5.32 Å². The summed E-state index contributed by atoms with van der Waals surface area (Å²) in [4.78, 5) is 4.96.